The molecule has 0 atom stereocenters. The number of nitriles is 1. The summed E-state index contributed by atoms with van der Waals surface area (Å²) in [5, 5.41) is 14.6. The number of anilines is 3. The molecule has 8 nitrogen and oxygen atoms in total. The van der Waals surface area contributed by atoms with Crippen molar-refractivity contribution in [1.82, 2.24) is 9.97 Å². The van der Waals surface area contributed by atoms with Gasteiger partial charge in [-0.05, 0) is 25.1 Å². The molecule has 1 aromatic carbocycles. The smallest absolute Gasteiger partial charge is 0.324 e. The second-order valence-electron chi connectivity index (χ2n) is 5.21. The van der Waals surface area contributed by atoms with Crippen molar-refractivity contribution in [3.05, 3.63) is 41.3 Å². The van der Waals surface area contributed by atoms with Crippen LogP contribution >= 0.6 is 11.6 Å². The zero-order valence-corrected chi connectivity index (χ0v) is 15.2. The van der Waals surface area contributed by atoms with E-state index in [9.17, 15) is 4.79 Å². The molecule has 0 saturated carbocycles. The first-order chi connectivity index (χ1) is 12.6. The quantitative estimate of drug-likeness (QED) is 0.771. The maximum absolute atomic E-state index is 12.3. The van der Waals surface area contributed by atoms with E-state index in [-0.39, 0.29) is 11.5 Å². The van der Waals surface area contributed by atoms with Crippen LogP contribution in [0.3, 0.4) is 0 Å². The Morgan fingerprint density at radius 2 is 2.15 bits per heavy atom. The zero-order chi connectivity index (χ0) is 18.9. The molecule has 2 amide bonds. The highest BCUT2D eigenvalue weighted by atomic mass is 35.5. The molecule has 2 rings (SSSR count). The van der Waals surface area contributed by atoms with E-state index in [0.29, 0.717) is 23.9 Å². The molecule has 0 aliphatic heterocycles. The molecule has 2 aromatic rings. The Balaban J connectivity index is 2.14. The molecule has 136 valence electrons. The summed E-state index contributed by atoms with van der Waals surface area (Å²) in [6, 6.07) is 6.66. The van der Waals surface area contributed by atoms with Crippen LogP contribution in [0.25, 0.3) is 0 Å². The van der Waals surface area contributed by atoms with Crippen LogP contribution in [-0.4, -0.2) is 42.8 Å². The Morgan fingerprint density at radius 1 is 1.35 bits per heavy atom. The van der Waals surface area contributed by atoms with Gasteiger partial charge in [0.05, 0.1) is 30.4 Å². The summed E-state index contributed by atoms with van der Waals surface area (Å²) in [6.07, 6.45) is 2.60. The average molecular weight is 375 g/mol. The minimum Gasteiger partial charge on any atom is -0.383 e. The van der Waals surface area contributed by atoms with Gasteiger partial charge >= 0.3 is 6.03 Å². The van der Waals surface area contributed by atoms with E-state index in [1.165, 1.54) is 12.4 Å². The van der Waals surface area contributed by atoms with Gasteiger partial charge in [0.25, 0.3) is 0 Å². The maximum Gasteiger partial charge on any atom is 0.324 e. The number of methoxy groups -OCH3 is 1. The first-order valence-corrected chi connectivity index (χ1v) is 8.28. The fourth-order valence-electron chi connectivity index (χ4n) is 2.25. The highest BCUT2D eigenvalue weighted by molar-refractivity contribution is 6.31. The number of ether oxygens (including phenoxy) is 1. The molecule has 9 heteroatoms. The first-order valence-electron chi connectivity index (χ1n) is 7.91. The molecule has 1 aromatic heterocycles. The standard InChI is InChI=1S/C17H19ClN6O2/c1-3-24(6-7-26-2)15-5-4-12(18)8-14(15)22-17(25)23-16-11-20-13(9-19)10-21-16/h4-5,8,10-11H,3,6-7H2,1-2H3,(H2,21,22,23,25). The van der Waals surface area contributed by atoms with Crippen LogP contribution in [0.4, 0.5) is 22.0 Å². The Morgan fingerprint density at radius 3 is 2.77 bits per heavy atom. The molecule has 0 spiro atoms. The highest BCUT2D eigenvalue weighted by Crippen LogP contribution is 2.29. The molecule has 0 aliphatic rings. The fraction of sp³-hybridized carbons (Fsp3) is 0.294. The van der Waals surface area contributed by atoms with Gasteiger partial charge in [0.15, 0.2) is 11.5 Å². The molecular formula is C17H19ClN6O2. The molecular weight excluding hydrogens is 356 g/mol. The third-order valence-corrected chi connectivity index (χ3v) is 3.74. The topological polar surface area (TPSA) is 103 Å². The van der Waals surface area contributed by atoms with Crippen LogP contribution in [-0.2, 0) is 4.74 Å². The molecule has 0 unspecified atom stereocenters. The van der Waals surface area contributed by atoms with Gasteiger partial charge in [0.1, 0.15) is 6.07 Å². The normalized spacial score (nSPS) is 10.1. The number of amides is 2. The van der Waals surface area contributed by atoms with Crippen molar-refractivity contribution in [2.45, 2.75) is 6.92 Å². The summed E-state index contributed by atoms with van der Waals surface area (Å²) >= 11 is 6.08. The zero-order valence-electron chi connectivity index (χ0n) is 14.5. The molecule has 1 heterocycles. The van der Waals surface area contributed by atoms with Crippen molar-refractivity contribution in [2.24, 2.45) is 0 Å². The number of hydrogen-bond donors (Lipinski definition) is 2. The number of hydrogen-bond acceptors (Lipinski definition) is 6. The van der Waals surface area contributed by atoms with Crippen LogP contribution in [0.5, 0.6) is 0 Å². The Labute approximate surface area is 156 Å². The Kier molecular flexibility index (Phi) is 7.14. The minimum atomic E-state index is -0.490. The van der Waals surface area contributed by atoms with E-state index in [2.05, 4.69) is 25.5 Å². The lowest BCUT2D eigenvalue weighted by molar-refractivity contribution is 0.205. The van der Waals surface area contributed by atoms with E-state index in [1.807, 2.05) is 19.1 Å². The van der Waals surface area contributed by atoms with E-state index < -0.39 is 6.03 Å². The van der Waals surface area contributed by atoms with E-state index in [1.54, 1.807) is 19.2 Å². The van der Waals surface area contributed by atoms with E-state index in [4.69, 9.17) is 21.6 Å². The first kappa shape index (κ1) is 19.4. The monoisotopic (exact) mass is 374 g/mol. The van der Waals surface area contributed by atoms with Gasteiger partial charge in [0.2, 0.25) is 0 Å². The number of likely N-dealkylation sites (N-methyl/N-ethyl adjacent to an activating group) is 1. The minimum absolute atomic E-state index is 0.171. The number of urea groups is 1. The number of halogens is 1. The van der Waals surface area contributed by atoms with Crippen LogP contribution in [0, 0.1) is 11.3 Å². The van der Waals surface area contributed by atoms with Gasteiger partial charge in [-0.2, -0.15) is 5.26 Å². The van der Waals surface area contributed by atoms with Crippen molar-refractivity contribution < 1.29 is 9.53 Å². The number of nitrogens with zero attached hydrogens (tertiary/aromatic N) is 4. The van der Waals surface area contributed by atoms with E-state index in [0.717, 1.165) is 12.2 Å². The van der Waals surface area contributed by atoms with Crippen molar-refractivity contribution in [1.29, 1.82) is 5.26 Å². The number of rotatable bonds is 7. The average Bonchev–Trinajstić information content (AvgIpc) is 2.64. The molecule has 0 aliphatic carbocycles. The van der Waals surface area contributed by atoms with Gasteiger partial charge in [-0.15, -0.1) is 0 Å². The fourth-order valence-corrected chi connectivity index (χ4v) is 2.43. The van der Waals surface area contributed by atoms with Crippen LogP contribution in [0.2, 0.25) is 5.02 Å². The van der Waals surface area contributed by atoms with Gasteiger partial charge < -0.3 is 15.0 Å². The van der Waals surface area contributed by atoms with Crippen molar-refractivity contribution in [3.63, 3.8) is 0 Å². The Bertz CT molecular complexity index is 791. The second-order valence-corrected chi connectivity index (χ2v) is 5.65. The van der Waals surface area contributed by atoms with Gasteiger partial charge in [-0.3, -0.25) is 5.32 Å². The SMILES string of the molecule is CCN(CCOC)c1ccc(Cl)cc1NC(=O)Nc1cnc(C#N)cn1. The summed E-state index contributed by atoms with van der Waals surface area (Å²) in [5.41, 5.74) is 1.56. The lowest BCUT2D eigenvalue weighted by Gasteiger charge is -2.25. The van der Waals surface area contributed by atoms with E-state index >= 15 is 0 Å². The summed E-state index contributed by atoms with van der Waals surface area (Å²) in [5.74, 6) is 0.233. The molecule has 26 heavy (non-hydrogen) atoms. The van der Waals surface area contributed by atoms with Gasteiger partial charge in [0, 0.05) is 25.2 Å². The van der Waals surface area contributed by atoms with Crippen molar-refractivity contribution in [3.8, 4) is 6.07 Å². The maximum atomic E-state index is 12.3. The Hall–Kier alpha value is -2.89. The van der Waals surface area contributed by atoms with Crippen molar-refractivity contribution >= 4 is 34.8 Å². The lowest BCUT2D eigenvalue weighted by atomic mass is 10.2. The van der Waals surface area contributed by atoms with Crippen molar-refractivity contribution in [2.75, 3.05) is 42.3 Å². The largest absolute Gasteiger partial charge is 0.383 e. The lowest BCUT2D eigenvalue weighted by Crippen LogP contribution is -2.29. The third kappa shape index (κ3) is 5.31. The molecule has 0 fully saturated rings. The number of carbonyl (C=O) groups excluding carboxylic acids is 1. The van der Waals surface area contributed by atoms with Crippen LogP contribution in [0.15, 0.2) is 30.6 Å². The second kappa shape index (κ2) is 9.56. The summed E-state index contributed by atoms with van der Waals surface area (Å²) < 4.78 is 5.13. The third-order valence-electron chi connectivity index (χ3n) is 3.50. The molecule has 0 bridgehead atoms. The highest BCUT2D eigenvalue weighted by Gasteiger charge is 2.13. The summed E-state index contributed by atoms with van der Waals surface area (Å²) in [6.45, 7) is 3.98. The van der Waals surface area contributed by atoms with Crippen LogP contribution < -0.4 is 15.5 Å². The number of benzene rings is 1. The number of carbonyl (C=O) groups is 1. The van der Waals surface area contributed by atoms with Gasteiger partial charge in [-0.25, -0.2) is 14.8 Å². The number of nitrogens with one attached hydrogen (secondary N) is 2. The predicted octanol–water partition coefficient (Wildman–Crippen LogP) is 3.12. The van der Waals surface area contributed by atoms with Gasteiger partial charge in [-0.1, -0.05) is 11.6 Å². The summed E-state index contributed by atoms with van der Waals surface area (Å²) in [4.78, 5) is 22.2. The summed E-state index contributed by atoms with van der Waals surface area (Å²) in [7, 11) is 1.64. The number of aromatic nitrogens is 2. The molecule has 0 saturated heterocycles. The van der Waals surface area contributed by atoms with Crippen LogP contribution in [0.1, 0.15) is 12.6 Å². The predicted molar refractivity (Wildman–Crippen MR) is 101 cm³/mol. The molecule has 0 radical (unpaired) electrons. The molecule has 2 N–H and O–H groups in total.